The molecule has 1 N–H and O–H groups in total. The van der Waals surface area contributed by atoms with Gasteiger partial charge in [0.2, 0.25) is 0 Å². The molecule has 0 saturated carbocycles. The summed E-state index contributed by atoms with van der Waals surface area (Å²) in [5.41, 5.74) is 0. The third-order valence-electron chi connectivity index (χ3n) is 1.53. The maximum absolute atomic E-state index is 11.1. The zero-order valence-electron chi connectivity index (χ0n) is 7.86. The predicted molar refractivity (Wildman–Crippen MR) is 47.3 cm³/mol. The van der Waals surface area contributed by atoms with Gasteiger partial charge in [-0.2, -0.15) is 0 Å². The lowest BCUT2D eigenvalue weighted by atomic mass is 10.0. The van der Waals surface area contributed by atoms with Crippen LogP contribution >= 0.6 is 0 Å². The van der Waals surface area contributed by atoms with Crippen LogP contribution in [0.25, 0.3) is 0 Å². The second kappa shape index (κ2) is 5.90. The van der Waals surface area contributed by atoms with Gasteiger partial charge in [-0.25, -0.2) is 4.79 Å². The molecule has 1 unspecified atom stereocenters. The molecule has 0 aromatic rings. The Morgan fingerprint density at radius 1 is 1.50 bits per heavy atom. The fourth-order valence-corrected chi connectivity index (χ4v) is 0.843. The first-order chi connectivity index (χ1) is 6.52. The van der Waals surface area contributed by atoms with Crippen LogP contribution in [0.5, 0.6) is 0 Å². The minimum Gasteiger partial charge on any atom is -0.481 e. The van der Waals surface area contributed by atoms with Crippen LogP contribution in [-0.2, 0) is 19.1 Å². The van der Waals surface area contributed by atoms with Crippen molar-refractivity contribution in [2.24, 2.45) is 5.92 Å². The Balaban J connectivity index is 4.36. The van der Waals surface area contributed by atoms with Gasteiger partial charge in [0.25, 0.3) is 0 Å². The predicted octanol–water partition coefficient (Wildman–Crippen LogP) is 0.743. The lowest BCUT2D eigenvalue weighted by Gasteiger charge is -2.08. The van der Waals surface area contributed by atoms with Crippen molar-refractivity contribution in [3.8, 4) is 0 Å². The van der Waals surface area contributed by atoms with Crippen LogP contribution < -0.4 is 0 Å². The molecule has 0 radical (unpaired) electrons. The summed E-state index contributed by atoms with van der Waals surface area (Å²) in [6.07, 6.45) is 1.48. The Bertz CT molecular complexity index is 256. The fraction of sp³-hybridized carbons (Fsp3) is 0.444. The van der Waals surface area contributed by atoms with Gasteiger partial charge in [0.1, 0.15) is 0 Å². The first-order valence-corrected chi connectivity index (χ1v) is 4.13. The number of carbonyl (C=O) groups is 3. The number of esters is 2. The largest absolute Gasteiger partial charge is 0.481 e. The molecule has 0 rings (SSSR count). The maximum Gasteiger partial charge on any atom is 0.337 e. The number of carboxylic acid groups (broad SMARTS) is 1. The molecule has 0 aliphatic carbocycles. The molecule has 0 aromatic heterocycles. The first kappa shape index (κ1) is 12.3. The average Bonchev–Trinajstić information content (AvgIpc) is 2.13. The quantitative estimate of drug-likeness (QED) is 0.402. The van der Waals surface area contributed by atoms with E-state index < -0.39 is 23.8 Å². The molecule has 0 spiro atoms. The van der Waals surface area contributed by atoms with Crippen molar-refractivity contribution in [1.29, 1.82) is 0 Å². The van der Waals surface area contributed by atoms with Crippen LogP contribution in [0.3, 0.4) is 0 Å². The normalized spacial score (nSPS) is 11.5. The molecule has 5 heteroatoms. The summed E-state index contributed by atoms with van der Waals surface area (Å²) in [6.45, 7) is 4.82. The zero-order chi connectivity index (χ0) is 11.1. The number of aliphatic carboxylic acids is 1. The van der Waals surface area contributed by atoms with E-state index >= 15 is 0 Å². The molecule has 0 saturated heterocycles. The minimum absolute atomic E-state index is 0.151. The molecule has 78 valence electrons. The maximum atomic E-state index is 11.1. The van der Waals surface area contributed by atoms with Crippen molar-refractivity contribution in [3.63, 3.8) is 0 Å². The number of ether oxygens (including phenoxy) is 1. The number of rotatable bonds is 5. The number of hydrogen-bond acceptors (Lipinski definition) is 4. The Hall–Kier alpha value is -1.65. The second-order valence-electron chi connectivity index (χ2n) is 2.62. The van der Waals surface area contributed by atoms with Gasteiger partial charge in [-0.15, -0.1) is 0 Å². The van der Waals surface area contributed by atoms with E-state index in [4.69, 9.17) is 5.11 Å². The Morgan fingerprint density at radius 3 is 2.43 bits per heavy atom. The summed E-state index contributed by atoms with van der Waals surface area (Å²) in [5, 5.41) is 8.62. The van der Waals surface area contributed by atoms with Gasteiger partial charge in [-0.1, -0.05) is 19.9 Å². The topological polar surface area (TPSA) is 80.7 Å². The van der Waals surface area contributed by atoms with Gasteiger partial charge in [0.15, 0.2) is 5.92 Å². The second-order valence-corrected chi connectivity index (χ2v) is 2.62. The van der Waals surface area contributed by atoms with E-state index in [1.807, 2.05) is 0 Å². The number of carbonyl (C=O) groups excluding carboxylic acids is 2. The van der Waals surface area contributed by atoms with Crippen LogP contribution in [0.2, 0.25) is 0 Å². The van der Waals surface area contributed by atoms with E-state index in [0.717, 1.165) is 6.08 Å². The Labute approximate surface area is 81.4 Å². The summed E-state index contributed by atoms with van der Waals surface area (Å²) < 4.78 is 4.20. The molecule has 0 amide bonds. The highest BCUT2D eigenvalue weighted by Gasteiger charge is 2.28. The van der Waals surface area contributed by atoms with E-state index in [1.54, 1.807) is 6.92 Å². The van der Waals surface area contributed by atoms with E-state index in [-0.39, 0.29) is 6.42 Å². The third-order valence-corrected chi connectivity index (χ3v) is 1.53. The SMILES string of the molecule is C=CC(=O)OC(=O)C(CCC)C(=O)O. The van der Waals surface area contributed by atoms with Gasteiger partial charge >= 0.3 is 17.9 Å². The summed E-state index contributed by atoms with van der Waals surface area (Å²) >= 11 is 0. The molecule has 5 nitrogen and oxygen atoms in total. The lowest BCUT2D eigenvalue weighted by Crippen LogP contribution is -2.27. The molecule has 0 bridgehead atoms. The summed E-state index contributed by atoms with van der Waals surface area (Å²) in [6, 6.07) is 0. The van der Waals surface area contributed by atoms with Crippen LogP contribution in [0.15, 0.2) is 12.7 Å². The van der Waals surface area contributed by atoms with Crippen LogP contribution in [0.1, 0.15) is 19.8 Å². The van der Waals surface area contributed by atoms with Crippen LogP contribution in [-0.4, -0.2) is 23.0 Å². The molecule has 1 atom stereocenters. The molecular formula is C9H12O5. The molecule has 0 fully saturated rings. The highest BCUT2D eigenvalue weighted by Crippen LogP contribution is 2.09. The first-order valence-electron chi connectivity index (χ1n) is 4.13. The number of carboxylic acids is 1. The standard InChI is InChI=1S/C9H12O5/c1-3-5-6(8(11)12)9(13)14-7(10)4-2/h4,6H,2-3,5H2,1H3,(H,11,12). The smallest absolute Gasteiger partial charge is 0.337 e. The van der Waals surface area contributed by atoms with E-state index in [1.165, 1.54) is 0 Å². The highest BCUT2D eigenvalue weighted by atomic mass is 16.6. The number of hydrogen-bond donors (Lipinski definition) is 1. The van der Waals surface area contributed by atoms with E-state index in [0.29, 0.717) is 6.42 Å². The molecule has 14 heavy (non-hydrogen) atoms. The van der Waals surface area contributed by atoms with Crippen molar-refractivity contribution < 1.29 is 24.2 Å². The van der Waals surface area contributed by atoms with Gasteiger partial charge in [-0.3, -0.25) is 9.59 Å². The molecule has 0 aliphatic heterocycles. The average molecular weight is 200 g/mol. The van der Waals surface area contributed by atoms with Gasteiger partial charge in [0.05, 0.1) is 0 Å². The molecular weight excluding hydrogens is 188 g/mol. The van der Waals surface area contributed by atoms with Crippen LogP contribution in [0, 0.1) is 5.92 Å². The van der Waals surface area contributed by atoms with Crippen molar-refractivity contribution >= 4 is 17.9 Å². The van der Waals surface area contributed by atoms with Gasteiger partial charge in [0, 0.05) is 6.08 Å². The molecule has 0 aromatic carbocycles. The minimum atomic E-state index is -1.28. The summed E-state index contributed by atoms with van der Waals surface area (Å²) in [7, 11) is 0. The summed E-state index contributed by atoms with van der Waals surface area (Å²) in [5.74, 6) is -4.53. The van der Waals surface area contributed by atoms with Crippen LogP contribution in [0.4, 0.5) is 0 Å². The summed E-state index contributed by atoms with van der Waals surface area (Å²) in [4.78, 5) is 32.2. The van der Waals surface area contributed by atoms with E-state index in [9.17, 15) is 14.4 Å². The molecule has 0 aliphatic rings. The van der Waals surface area contributed by atoms with Crippen molar-refractivity contribution in [2.45, 2.75) is 19.8 Å². The van der Waals surface area contributed by atoms with Crippen molar-refractivity contribution in [2.75, 3.05) is 0 Å². The monoisotopic (exact) mass is 200 g/mol. The highest BCUT2D eigenvalue weighted by molar-refractivity contribution is 6.00. The lowest BCUT2D eigenvalue weighted by molar-refractivity contribution is -0.164. The van der Waals surface area contributed by atoms with E-state index in [2.05, 4.69) is 11.3 Å². The van der Waals surface area contributed by atoms with Crippen molar-refractivity contribution in [3.05, 3.63) is 12.7 Å². The zero-order valence-corrected chi connectivity index (χ0v) is 7.86. The Morgan fingerprint density at radius 2 is 2.07 bits per heavy atom. The third kappa shape index (κ3) is 3.84. The van der Waals surface area contributed by atoms with Gasteiger partial charge < -0.3 is 9.84 Å². The Kier molecular flexibility index (Phi) is 5.21. The van der Waals surface area contributed by atoms with Gasteiger partial charge in [-0.05, 0) is 6.42 Å². The fourth-order valence-electron chi connectivity index (χ4n) is 0.843. The van der Waals surface area contributed by atoms with Crippen molar-refractivity contribution in [1.82, 2.24) is 0 Å². The molecule has 0 heterocycles.